The first-order valence-electron chi connectivity index (χ1n) is 6.22. The average molecular weight is 245 g/mol. The lowest BCUT2D eigenvalue weighted by Gasteiger charge is -2.04. The maximum Gasteiger partial charge on any atom is 0.225 e. The number of carbonyl (C=O) groups excluding carboxylic acids is 1. The van der Waals surface area contributed by atoms with E-state index >= 15 is 0 Å². The number of anilines is 1. The van der Waals surface area contributed by atoms with Gasteiger partial charge >= 0.3 is 0 Å². The molecule has 4 heteroatoms. The van der Waals surface area contributed by atoms with E-state index in [-0.39, 0.29) is 5.91 Å². The molecule has 0 saturated heterocycles. The molecule has 4 nitrogen and oxygen atoms in total. The highest BCUT2D eigenvalue weighted by atomic mass is 16.1. The van der Waals surface area contributed by atoms with Crippen molar-refractivity contribution in [2.24, 2.45) is 5.73 Å². The van der Waals surface area contributed by atoms with Crippen LogP contribution < -0.4 is 11.1 Å². The second-order valence-corrected chi connectivity index (χ2v) is 3.92. The highest BCUT2D eigenvalue weighted by Crippen LogP contribution is 2.06. The van der Waals surface area contributed by atoms with E-state index in [4.69, 9.17) is 5.73 Å². The van der Waals surface area contributed by atoms with Crippen molar-refractivity contribution in [1.82, 2.24) is 4.98 Å². The minimum Gasteiger partial charge on any atom is -0.320 e. The second-order valence-electron chi connectivity index (χ2n) is 3.92. The normalized spacial score (nSPS) is 9.44. The van der Waals surface area contributed by atoms with E-state index in [0.717, 1.165) is 19.3 Å². The monoisotopic (exact) mass is 245 g/mol. The molecule has 0 saturated carbocycles. The molecule has 1 amide bonds. The molecule has 1 heterocycles. The smallest absolute Gasteiger partial charge is 0.225 e. The minimum atomic E-state index is -0.000107. The number of pyridine rings is 1. The Morgan fingerprint density at radius 2 is 2.28 bits per heavy atom. The topological polar surface area (TPSA) is 68.0 Å². The molecular formula is C14H19N3O. The zero-order valence-electron chi connectivity index (χ0n) is 10.7. The van der Waals surface area contributed by atoms with Gasteiger partial charge in [-0.15, -0.1) is 0 Å². The number of nitrogens with zero attached hydrogens (tertiary/aromatic N) is 1. The molecule has 1 aromatic rings. The largest absolute Gasteiger partial charge is 0.320 e. The van der Waals surface area contributed by atoms with E-state index in [1.807, 2.05) is 6.07 Å². The molecule has 0 radical (unpaired) electrons. The van der Waals surface area contributed by atoms with Gasteiger partial charge in [0.15, 0.2) is 0 Å². The van der Waals surface area contributed by atoms with Crippen LogP contribution in [0.1, 0.15) is 38.3 Å². The third-order valence-corrected chi connectivity index (χ3v) is 2.34. The molecule has 0 spiro atoms. The van der Waals surface area contributed by atoms with Crippen molar-refractivity contribution in [2.45, 2.75) is 32.6 Å². The molecule has 0 atom stereocenters. The van der Waals surface area contributed by atoms with E-state index in [2.05, 4.69) is 29.1 Å². The SMILES string of the molecule is CCCCCC(=O)Nc1cccc(C#CCN)n1. The number of nitrogens with one attached hydrogen (secondary N) is 1. The molecule has 1 rings (SSSR count). The van der Waals surface area contributed by atoms with Crippen LogP contribution in [-0.4, -0.2) is 17.4 Å². The summed E-state index contributed by atoms with van der Waals surface area (Å²) in [4.78, 5) is 15.8. The first kappa shape index (κ1) is 14.2. The quantitative estimate of drug-likeness (QED) is 0.615. The average Bonchev–Trinajstić information content (AvgIpc) is 2.37. The first-order valence-corrected chi connectivity index (χ1v) is 6.22. The molecule has 0 aliphatic carbocycles. The number of carbonyl (C=O) groups is 1. The third-order valence-electron chi connectivity index (χ3n) is 2.34. The van der Waals surface area contributed by atoms with Gasteiger partial charge in [-0.05, 0) is 24.5 Å². The second kappa shape index (κ2) is 8.26. The van der Waals surface area contributed by atoms with Crippen LogP contribution >= 0.6 is 0 Å². The fourth-order valence-electron chi connectivity index (χ4n) is 1.46. The van der Waals surface area contributed by atoms with Crippen LogP contribution in [0.4, 0.5) is 5.82 Å². The van der Waals surface area contributed by atoms with Gasteiger partial charge in [0.1, 0.15) is 11.5 Å². The van der Waals surface area contributed by atoms with Crippen LogP contribution in [0.15, 0.2) is 18.2 Å². The van der Waals surface area contributed by atoms with E-state index in [9.17, 15) is 4.79 Å². The molecule has 0 unspecified atom stereocenters. The zero-order valence-corrected chi connectivity index (χ0v) is 10.7. The summed E-state index contributed by atoms with van der Waals surface area (Å²) < 4.78 is 0. The molecule has 0 fully saturated rings. The summed E-state index contributed by atoms with van der Waals surface area (Å²) in [5, 5.41) is 2.77. The Kier molecular flexibility index (Phi) is 6.52. The number of rotatable bonds is 5. The predicted molar refractivity (Wildman–Crippen MR) is 72.9 cm³/mol. The molecule has 3 N–H and O–H groups in total. The van der Waals surface area contributed by atoms with Crippen LogP contribution in [0.2, 0.25) is 0 Å². The van der Waals surface area contributed by atoms with Crippen molar-refractivity contribution >= 4 is 11.7 Å². The Hall–Kier alpha value is -1.86. The van der Waals surface area contributed by atoms with Crippen molar-refractivity contribution in [2.75, 3.05) is 11.9 Å². The lowest BCUT2D eigenvalue weighted by atomic mass is 10.2. The molecule has 0 bridgehead atoms. The van der Waals surface area contributed by atoms with Crippen LogP contribution in [0.3, 0.4) is 0 Å². The summed E-state index contributed by atoms with van der Waals surface area (Å²) in [6.45, 7) is 2.41. The summed E-state index contributed by atoms with van der Waals surface area (Å²) in [6, 6.07) is 5.36. The molecule has 0 aliphatic heterocycles. The highest BCUT2D eigenvalue weighted by Gasteiger charge is 2.02. The minimum absolute atomic E-state index is 0.000107. The molecule has 0 aromatic carbocycles. The van der Waals surface area contributed by atoms with Crippen LogP contribution in [-0.2, 0) is 4.79 Å². The Morgan fingerprint density at radius 1 is 1.44 bits per heavy atom. The van der Waals surface area contributed by atoms with Gasteiger partial charge in [-0.2, -0.15) is 0 Å². The number of hydrogen-bond acceptors (Lipinski definition) is 3. The summed E-state index contributed by atoms with van der Waals surface area (Å²) >= 11 is 0. The Labute approximate surface area is 108 Å². The van der Waals surface area contributed by atoms with Gasteiger partial charge in [-0.3, -0.25) is 4.79 Å². The van der Waals surface area contributed by atoms with Crippen molar-refractivity contribution in [1.29, 1.82) is 0 Å². The van der Waals surface area contributed by atoms with Gasteiger partial charge in [0.2, 0.25) is 5.91 Å². The van der Waals surface area contributed by atoms with E-state index in [0.29, 0.717) is 24.5 Å². The Morgan fingerprint density at radius 3 is 3.00 bits per heavy atom. The number of amides is 1. The third kappa shape index (κ3) is 5.46. The van der Waals surface area contributed by atoms with Crippen molar-refractivity contribution in [3.63, 3.8) is 0 Å². The number of nitrogens with two attached hydrogens (primary N) is 1. The highest BCUT2D eigenvalue weighted by molar-refractivity contribution is 5.89. The van der Waals surface area contributed by atoms with Gasteiger partial charge in [0, 0.05) is 6.42 Å². The maximum absolute atomic E-state index is 11.6. The van der Waals surface area contributed by atoms with Gasteiger partial charge in [-0.1, -0.05) is 31.8 Å². The summed E-state index contributed by atoms with van der Waals surface area (Å²) in [5.41, 5.74) is 5.91. The van der Waals surface area contributed by atoms with Gasteiger partial charge in [0.05, 0.1) is 6.54 Å². The zero-order chi connectivity index (χ0) is 13.2. The fraction of sp³-hybridized carbons (Fsp3) is 0.429. The summed E-state index contributed by atoms with van der Waals surface area (Å²) in [6.07, 6.45) is 3.63. The lowest BCUT2D eigenvalue weighted by molar-refractivity contribution is -0.116. The van der Waals surface area contributed by atoms with Crippen molar-refractivity contribution in [3.8, 4) is 11.8 Å². The fourth-order valence-corrected chi connectivity index (χ4v) is 1.46. The number of aromatic nitrogens is 1. The maximum atomic E-state index is 11.6. The number of unbranched alkanes of at least 4 members (excludes halogenated alkanes) is 2. The number of hydrogen-bond donors (Lipinski definition) is 2. The lowest BCUT2D eigenvalue weighted by Crippen LogP contribution is -2.12. The molecule has 18 heavy (non-hydrogen) atoms. The van der Waals surface area contributed by atoms with Crippen molar-refractivity contribution in [3.05, 3.63) is 23.9 Å². The first-order chi connectivity index (χ1) is 8.76. The predicted octanol–water partition coefficient (Wildman–Crippen LogP) is 1.91. The summed E-state index contributed by atoms with van der Waals surface area (Å²) in [5.74, 6) is 6.10. The Bertz CT molecular complexity index is 446. The van der Waals surface area contributed by atoms with Crippen LogP contribution in [0, 0.1) is 11.8 Å². The van der Waals surface area contributed by atoms with Gasteiger partial charge < -0.3 is 11.1 Å². The molecule has 0 aliphatic rings. The standard InChI is InChI=1S/C14H19N3O/c1-2-3-4-10-14(18)17-13-9-5-7-12(16-13)8-6-11-15/h5,7,9H,2-4,10-11,15H2,1H3,(H,16,17,18). The Balaban J connectivity index is 2.53. The molecular weight excluding hydrogens is 226 g/mol. The van der Waals surface area contributed by atoms with Gasteiger partial charge in [0.25, 0.3) is 0 Å². The van der Waals surface area contributed by atoms with Crippen molar-refractivity contribution < 1.29 is 4.79 Å². The molecule has 1 aromatic heterocycles. The van der Waals surface area contributed by atoms with E-state index in [1.165, 1.54) is 0 Å². The van der Waals surface area contributed by atoms with Gasteiger partial charge in [-0.25, -0.2) is 4.98 Å². The van der Waals surface area contributed by atoms with Crippen LogP contribution in [0.25, 0.3) is 0 Å². The van der Waals surface area contributed by atoms with Crippen LogP contribution in [0.5, 0.6) is 0 Å². The summed E-state index contributed by atoms with van der Waals surface area (Å²) in [7, 11) is 0. The van der Waals surface area contributed by atoms with E-state index in [1.54, 1.807) is 12.1 Å². The van der Waals surface area contributed by atoms with E-state index < -0.39 is 0 Å². The molecule has 96 valence electrons.